The zero-order chi connectivity index (χ0) is 24.4. The quantitative estimate of drug-likeness (QED) is 0.420. The van der Waals surface area contributed by atoms with Crippen LogP contribution in [0.2, 0.25) is 0 Å². The third-order valence-electron chi connectivity index (χ3n) is 6.00. The van der Waals surface area contributed by atoms with Gasteiger partial charge in [-0.05, 0) is 68.3 Å². The first-order valence-electron chi connectivity index (χ1n) is 11.4. The van der Waals surface area contributed by atoms with E-state index in [0.29, 0.717) is 53.8 Å². The highest BCUT2D eigenvalue weighted by Gasteiger charge is 2.36. The Kier molecular flexibility index (Phi) is 6.22. The van der Waals surface area contributed by atoms with Gasteiger partial charge in [0.05, 0.1) is 18.5 Å². The smallest absolute Gasteiger partial charge is 0.251 e. The molecule has 5 rings (SSSR count). The molecule has 2 aromatic carbocycles. The van der Waals surface area contributed by atoms with Crippen LogP contribution in [-0.2, 0) is 0 Å². The predicted octanol–water partition coefficient (Wildman–Crippen LogP) is 4.68. The topological polar surface area (TPSA) is 81.9 Å². The summed E-state index contributed by atoms with van der Waals surface area (Å²) in [5.74, 6) is 0.573. The molecule has 9 heteroatoms. The predicted molar refractivity (Wildman–Crippen MR) is 125 cm³/mol. The summed E-state index contributed by atoms with van der Waals surface area (Å²) in [6.45, 7) is 2.42. The summed E-state index contributed by atoms with van der Waals surface area (Å²) >= 11 is 0. The number of pyridine rings is 1. The normalized spacial score (nSPS) is 17.0. The molecule has 0 radical (unpaired) electrons. The van der Waals surface area contributed by atoms with Crippen molar-refractivity contribution in [3.05, 3.63) is 89.9 Å². The van der Waals surface area contributed by atoms with Crippen molar-refractivity contribution in [2.45, 2.75) is 31.7 Å². The Bertz CT molecular complexity index is 1330. The number of hydrogen-bond donors (Lipinski definition) is 1. The minimum atomic E-state index is -0.402. The molecule has 2 heterocycles. The van der Waals surface area contributed by atoms with Crippen LogP contribution in [0, 0.1) is 11.6 Å². The van der Waals surface area contributed by atoms with E-state index in [1.807, 2.05) is 6.92 Å². The molecule has 0 bridgehead atoms. The van der Waals surface area contributed by atoms with Crippen molar-refractivity contribution < 1.29 is 18.3 Å². The fourth-order valence-corrected chi connectivity index (χ4v) is 4.18. The highest BCUT2D eigenvalue weighted by Crippen LogP contribution is 2.39. The Morgan fingerprint density at radius 3 is 2.51 bits per heavy atom. The van der Waals surface area contributed by atoms with Gasteiger partial charge in [-0.3, -0.25) is 9.36 Å². The lowest BCUT2D eigenvalue weighted by atomic mass is 9.79. The summed E-state index contributed by atoms with van der Waals surface area (Å²) in [7, 11) is 0. The molecule has 0 atom stereocenters. The monoisotopic (exact) mass is 475 g/mol. The van der Waals surface area contributed by atoms with Crippen LogP contribution in [0.25, 0.3) is 17.2 Å². The van der Waals surface area contributed by atoms with Crippen LogP contribution in [-0.4, -0.2) is 38.3 Å². The second kappa shape index (κ2) is 9.61. The zero-order valence-electron chi connectivity index (χ0n) is 19.0. The molecule has 0 saturated heterocycles. The molecular formula is C26H23F2N5O2. The number of nitrogens with zero attached hydrogens (tertiary/aromatic N) is 4. The Hall–Kier alpha value is -4.14. The van der Waals surface area contributed by atoms with E-state index in [-0.39, 0.29) is 17.9 Å². The SMILES string of the molecule is CCOc1ccc(-c2nnc([C@H]3C[C@H](NC(=O)c4ccc(F)cc4)C3)n2-c2ccccc2F)nc1. The van der Waals surface area contributed by atoms with Crippen LogP contribution in [0.4, 0.5) is 8.78 Å². The van der Waals surface area contributed by atoms with Crippen molar-refractivity contribution in [3.63, 3.8) is 0 Å². The van der Waals surface area contributed by atoms with Gasteiger partial charge in [-0.15, -0.1) is 10.2 Å². The van der Waals surface area contributed by atoms with E-state index < -0.39 is 11.6 Å². The minimum Gasteiger partial charge on any atom is -0.492 e. The van der Waals surface area contributed by atoms with Crippen molar-refractivity contribution in [2.75, 3.05) is 6.61 Å². The molecule has 0 spiro atoms. The number of para-hydroxylation sites is 1. The third-order valence-corrected chi connectivity index (χ3v) is 6.00. The van der Waals surface area contributed by atoms with Gasteiger partial charge in [0.25, 0.3) is 5.91 Å². The highest BCUT2D eigenvalue weighted by atomic mass is 19.1. The molecule has 1 aliphatic carbocycles. The third kappa shape index (κ3) is 4.62. The average molecular weight is 475 g/mol. The summed E-state index contributed by atoms with van der Waals surface area (Å²) in [5, 5.41) is 11.7. The van der Waals surface area contributed by atoms with Gasteiger partial charge in [-0.1, -0.05) is 12.1 Å². The molecule has 0 aliphatic heterocycles. The van der Waals surface area contributed by atoms with Gasteiger partial charge < -0.3 is 10.1 Å². The Morgan fingerprint density at radius 1 is 1.06 bits per heavy atom. The van der Waals surface area contributed by atoms with Crippen molar-refractivity contribution in [1.29, 1.82) is 0 Å². The molecular weight excluding hydrogens is 452 g/mol. The lowest BCUT2D eigenvalue weighted by Crippen LogP contribution is -2.44. The molecule has 35 heavy (non-hydrogen) atoms. The second-order valence-electron chi connectivity index (χ2n) is 8.33. The second-order valence-corrected chi connectivity index (χ2v) is 8.33. The molecule has 1 aliphatic rings. The van der Waals surface area contributed by atoms with Gasteiger partial charge >= 0.3 is 0 Å². The summed E-state index contributed by atoms with van der Waals surface area (Å²) in [6, 6.07) is 15.3. The molecule has 178 valence electrons. The lowest BCUT2D eigenvalue weighted by Gasteiger charge is -2.35. The van der Waals surface area contributed by atoms with Crippen molar-refractivity contribution in [3.8, 4) is 23.0 Å². The summed E-state index contributed by atoms with van der Waals surface area (Å²) in [5.41, 5.74) is 1.26. The van der Waals surface area contributed by atoms with Crippen LogP contribution in [0.3, 0.4) is 0 Å². The van der Waals surface area contributed by atoms with Crippen LogP contribution in [0.5, 0.6) is 5.75 Å². The number of hydrogen-bond acceptors (Lipinski definition) is 5. The fraction of sp³-hybridized carbons (Fsp3) is 0.231. The molecule has 1 amide bonds. The van der Waals surface area contributed by atoms with Gasteiger partial charge in [0.15, 0.2) is 5.82 Å². The number of carbonyl (C=O) groups is 1. The zero-order valence-corrected chi connectivity index (χ0v) is 19.0. The molecule has 1 N–H and O–H groups in total. The van der Waals surface area contributed by atoms with E-state index in [2.05, 4.69) is 20.5 Å². The number of aromatic nitrogens is 4. The highest BCUT2D eigenvalue weighted by molar-refractivity contribution is 5.94. The van der Waals surface area contributed by atoms with Crippen LogP contribution < -0.4 is 10.1 Å². The van der Waals surface area contributed by atoms with Gasteiger partial charge in [0.2, 0.25) is 0 Å². The summed E-state index contributed by atoms with van der Waals surface area (Å²) in [6.07, 6.45) is 2.84. The number of halogens is 2. The molecule has 1 saturated carbocycles. The number of ether oxygens (including phenoxy) is 1. The first kappa shape index (κ1) is 22.6. The maximum absolute atomic E-state index is 14.8. The maximum Gasteiger partial charge on any atom is 0.251 e. The Morgan fingerprint density at radius 2 is 1.83 bits per heavy atom. The number of nitrogens with one attached hydrogen (secondary N) is 1. The molecule has 7 nitrogen and oxygen atoms in total. The Balaban J connectivity index is 1.39. The molecule has 4 aromatic rings. The van der Waals surface area contributed by atoms with E-state index in [1.165, 1.54) is 30.3 Å². The lowest BCUT2D eigenvalue weighted by molar-refractivity contribution is 0.0907. The number of rotatable bonds is 7. The summed E-state index contributed by atoms with van der Waals surface area (Å²) < 4.78 is 35.1. The van der Waals surface area contributed by atoms with Gasteiger partial charge in [-0.2, -0.15) is 0 Å². The fourth-order valence-electron chi connectivity index (χ4n) is 4.18. The first-order valence-corrected chi connectivity index (χ1v) is 11.4. The van der Waals surface area contributed by atoms with E-state index >= 15 is 0 Å². The van der Waals surface area contributed by atoms with Crippen LogP contribution >= 0.6 is 0 Å². The van der Waals surface area contributed by atoms with E-state index in [9.17, 15) is 13.6 Å². The standard InChI is InChI=1S/C26H23F2N5O2/c1-2-35-20-11-12-22(29-15-20)25-32-31-24(33(25)23-6-4-3-5-21(23)28)17-13-19(14-17)30-26(34)16-7-9-18(27)10-8-16/h3-12,15,17,19H,2,13-14H2,1H3,(H,30,34)/t17-,19-. The van der Waals surface area contributed by atoms with E-state index in [4.69, 9.17) is 4.74 Å². The maximum atomic E-state index is 14.8. The van der Waals surface area contributed by atoms with Gasteiger partial charge in [0, 0.05) is 17.5 Å². The van der Waals surface area contributed by atoms with Crippen LogP contribution in [0.15, 0.2) is 66.9 Å². The van der Waals surface area contributed by atoms with Crippen molar-refractivity contribution in [2.24, 2.45) is 0 Å². The number of benzene rings is 2. The number of carbonyl (C=O) groups excluding carboxylic acids is 1. The first-order chi connectivity index (χ1) is 17.0. The average Bonchev–Trinajstić information content (AvgIpc) is 3.26. The van der Waals surface area contributed by atoms with Gasteiger partial charge in [0.1, 0.15) is 28.9 Å². The van der Waals surface area contributed by atoms with Gasteiger partial charge in [-0.25, -0.2) is 13.8 Å². The van der Waals surface area contributed by atoms with E-state index in [1.54, 1.807) is 41.1 Å². The Labute approximate surface area is 200 Å². The van der Waals surface area contributed by atoms with Crippen molar-refractivity contribution >= 4 is 5.91 Å². The molecule has 1 fully saturated rings. The largest absolute Gasteiger partial charge is 0.492 e. The molecule has 0 unspecified atom stereocenters. The van der Waals surface area contributed by atoms with Crippen LogP contribution in [0.1, 0.15) is 41.9 Å². The minimum absolute atomic E-state index is 0.0305. The van der Waals surface area contributed by atoms with E-state index in [0.717, 1.165) is 0 Å². The number of amides is 1. The van der Waals surface area contributed by atoms with Crippen molar-refractivity contribution in [1.82, 2.24) is 25.1 Å². The molecule has 2 aromatic heterocycles. The summed E-state index contributed by atoms with van der Waals surface area (Å²) in [4.78, 5) is 16.9.